The lowest BCUT2D eigenvalue weighted by Gasteiger charge is -2.33. The topological polar surface area (TPSA) is 66.5 Å². The van der Waals surface area contributed by atoms with Crippen molar-refractivity contribution in [3.63, 3.8) is 0 Å². The Labute approximate surface area is 164 Å². The van der Waals surface area contributed by atoms with E-state index in [1.807, 2.05) is 20.8 Å². The first-order valence-electron chi connectivity index (χ1n) is 10.6. The lowest BCUT2D eigenvalue weighted by atomic mass is 9.74. The monoisotopic (exact) mass is 378 g/mol. The third-order valence-electron chi connectivity index (χ3n) is 6.24. The molecule has 2 rings (SSSR count). The van der Waals surface area contributed by atoms with E-state index in [1.54, 1.807) is 0 Å². The molecule has 1 aliphatic carbocycles. The molecule has 0 aromatic heterocycles. The van der Waals surface area contributed by atoms with Gasteiger partial charge in [0, 0.05) is 24.4 Å². The molecular formula is C22H38N2O3. The van der Waals surface area contributed by atoms with E-state index in [0.717, 1.165) is 38.5 Å². The van der Waals surface area contributed by atoms with Crippen molar-refractivity contribution in [2.45, 2.75) is 92.0 Å². The van der Waals surface area contributed by atoms with Crippen LogP contribution in [-0.2, 0) is 14.4 Å². The fourth-order valence-electron chi connectivity index (χ4n) is 4.64. The number of carbonyl (C=O) groups is 3. The number of likely N-dealkylation sites (tertiary alicyclic amines) is 1. The third-order valence-corrected chi connectivity index (χ3v) is 6.24. The van der Waals surface area contributed by atoms with Gasteiger partial charge in [-0.15, -0.1) is 0 Å². The molecule has 1 unspecified atom stereocenters. The summed E-state index contributed by atoms with van der Waals surface area (Å²) in [6.45, 7) is 12.9. The third kappa shape index (κ3) is 5.55. The molecule has 5 heteroatoms. The Hall–Kier alpha value is -1.39. The van der Waals surface area contributed by atoms with Crippen molar-refractivity contribution >= 4 is 17.7 Å². The first-order chi connectivity index (χ1) is 12.4. The fourth-order valence-corrected chi connectivity index (χ4v) is 4.64. The number of carbonyl (C=O) groups excluding carboxylic acids is 3. The Bertz CT molecular complexity index is 569. The summed E-state index contributed by atoms with van der Waals surface area (Å²) in [5.41, 5.74) is -0.332. The molecule has 0 bridgehead atoms. The summed E-state index contributed by atoms with van der Waals surface area (Å²) in [6, 6.07) is 0. The van der Waals surface area contributed by atoms with Crippen LogP contribution in [0.15, 0.2) is 0 Å². The molecule has 2 aliphatic rings. The lowest BCUT2D eigenvalue weighted by molar-refractivity contribution is -0.142. The molecule has 1 heterocycles. The molecule has 1 aliphatic heterocycles. The van der Waals surface area contributed by atoms with Crippen molar-refractivity contribution in [2.24, 2.45) is 23.2 Å². The van der Waals surface area contributed by atoms with E-state index in [2.05, 4.69) is 26.1 Å². The normalized spacial score (nSPS) is 27.2. The van der Waals surface area contributed by atoms with Gasteiger partial charge in [0.1, 0.15) is 0 Å². The van der Waals surface area contributed by atoms with Crippen LogP contribution in [0.1, 0.15) is 86.5 Å². The first-order valence-corrected chi connectivity index (χ1v) is 10.6. The Kier molecular flexibility index (Phi) is 6.75. The zero-order chi connectivity index (χ0) is 20.4. The molecule has 3 amide bonds. The maximum Gasteiger partial charge on any atom is 0.233 e. The van der Waals surface area contributed by atoms with Crippen molar-refractivity contribution in [1.29, 1.82) is 0 Å². The van der Waals surface area contributed by atoms with Crippen LogP contribution in [0.5, 0.6) is 0 Å². The average molecular weight is 379 g/mol. The second-order valence-corrected chi connectivity index (χ2v) is 10.3. The molecule has 5 nitrogen and oxygen atoms in total. The second kappa shape index (κ2) is 8.32. The van der Waals surface area contributed by atoms with E-state index >= 15 is 0 Å². The van der Waals surface area contributed by atoms with Gasteiger partial charge in [-0.3, -0.25) is 19.3 Å². The van der Waals surface area contributed by atoms with Gasteiger partial charge in [0.15, 0.2) is 0 Å². The summed E-state index contributed by atoms with van der Waals surface area (Å²) < 4.78 is 0. The Morgan fingerprint density at radius 1 is 1.07 bits per heavy atom. The van der Waals surface area contributed by atoms with Crippen LogP contribution in [0.4, 0.5) is 0 Å². The molecule has 2 fully saturated rings. The van der Waals surface area contributed by atoms with Crippen molar-refractivity contribution in [1.82, 2.24) is 10.2 Å². The van der Waals surface area contributed by atoms with Crippen LogP contribution in [0.25, 0.3) is 0 Å². The summed E-state index contributed by atoms with van der Waals surface area (Å²) in [5.74, 6) is 0.341. The largest absolute Gasteiger partial charge is 0.351 e. The van der Waals surface area contributed by atoms with Crippen LogP contribution in [0, 0.1) is 23.2 Å². The molecule has 1 N–H and O–H groups in total. The zero-order valence-corrected chi connectivity index (χ0v) is 18.1. The standard InChI is InChI=1S/C22H38N2O3/c1-7-12-22(5,6)17-13-18(25)24(20(17)27)14-15-8-10-16(11-9-15)19(26)23-21(2,3)4/h15-17H,7-14H2,1-6H3,(H,23,26). The molecule has 27 heavy (non-hydrogen) atoms. The van der Waals surface area contributed by atoms with Gasteiger partial charge in [0.25, 0.3) is 0 Å². The highest BCUT2D eigenvalue weighted by atomic mass is 16.2. The first kappa shape index (κ1) is 21.9. The highest BCUT2D eigenvalue weighted by Gasteiger charge is 2.46. The Morgan fingerprint density at radius 3 is 2.19 bits per heavy atom. The van der Waals surface area contributed by atoms with Gasteiger partial charge in [-0.05, 0) is 64.2 Å². The van der Waals surface area contributed by atoms with Crippen molar-refractivity contribution in [3.05, 3.63) is 0 Å². The predicted octanol–water partition coefficient (Wildman–Crippen LogP) is 3.91. The van der Waals surface area contributed by atoms with Gasteiger partial charge in [-0.2, -0.15) is 0 Å². The summed E-state index contributed by atoms with van der Waals surface area (Å²) in [4.78, 5) is 39.2. The molecule has 0 aromatic rings. The van der Waals surface area contributed by atoms with Gasteiger partial charge in [0.05, 0.1) is 5.92 Å². The fraction of sp³-hybridized carbons (Fsp3) is 0.864. The minimum Gasteiger partial charge on any atom is -0.351 e. The number of nitrogens with one attached hydrogen (secondary N) is 1. The van der Waals surface area contributed by atoms with Gasteiger partial charge in [-0.25, -0.2) is 0 Å². The Morgan fingerprint density at radius 2 is 1.67 bits per heavy atom. The zero-order valence-electron chi connectivity index (χ0n) is 18.1. The molecule has 0 radical (unpaired) electrons. The van der Waals surface area contributed by atoms with Gasteiger partial charge in [-0.1, -0.05) is 27.2 Å². The number of amides is 3. The van der Waals surface area contributed by atoms with Crippen molar-refractivity contribution in [2.75, 3.05) is 6.54 Å². The van der Waals surface area contributed by atoms with Crippen LogP contribution in [0.2, 0.25) is 0 Å². The van der Waals surface area contributed by atoms with E-state index in [4.69, 9.17) is 0 Å². The molecule has 1 saturated heterocycles. The number of nitrogens with zero attached hydrogens (tertiary/aromatic N) is 1. The van der Waals surface area contributed by atoms with Gasteiger partial charge in [0.2, 0.25) is 17.7 Å². The summed E-state index contributed by atoms with van der Waals surface area (Å²) in [7, 11) is 0. The van der Waals surface area contributed by atoms with Gasteiger partial charge < -0.3 is 5.32 Å². The number of hydrogen-bond acceptors (Lipinski definition) is 3. The maximum atomic E-state index is 12.9. The van der Waals surface area contributed by atoms with Crippen LogP contribution < -0.4 is 5.32 Å². The highest BCUT2D eigenvalue weighted by Crippen LogP contribution is 2.40. The SMILES string of the molecule is CCCC(C)(C)C1CC(=O)N(CC2CCC(C(=O)NC(C)(C)C)CC2)C1=O. The summed E-state index contributed by atoms with van der Waals surface area (Å²) in [5, 5.41) is 3.07. The van der Waals surface area contributed by atoms with E-state index < -0.39 is 0 Å². The van der Waals surface area contributed by atoms with E-state index in [0.29, 0.717) is 18.9 Å². The van der Waals surface area contributed by atoms with E-state index in [1.165, 1.54) is 4.90 Å². The second-order valence-electron chi connectivity index (χ2n) is 10.3. The quantitative estimate of drug-likeness (QED) is 0.713. The van der Waals surface area contributed by atoms with Crippen molar-refractivity contribution in [3.8, 4) is 0 Å². The number of imide groups is 1. The summed E-state index contributed by atoms with van der Waals surface area (Å²) >= 11 is 0. The lowest BCUT2D eigenvalue weighted by Crippen LogP contribution is -2.45. The predicted molar refractivity (Wildman–Crippen MR) is 107 cm³/mol. The van der Waals surface area contributed by atoms with E-state index in [-0.39, 0.29) is 40.5 Å². The average Bonchev–Trinajstić information content (AvgIpc) is 2.83. The molecule has 0 aromatic carbocycles. The van der Waals surface area contributed by atoms with Crippen molar-refractivity contribution < 1.29 is 14.4 Å². The van der Waals surface area contributed by atoms with E-state index in [9.17, 15) is 14.4 Å². The summed E-state index contributed by atoms with van der Waals surface area (Å²) in [6.07, 6.45) is 5.82. The Balaban J connectivity index is 1.89. The molecule has 0 spiro atoms. The number of hydrogen-bond donors (Lipinski definition) is 1. The molecule has 1 saturated carbocycles. The molecule has 1 atom stereocenters. The number of rotatable bonds is 6. The highest BCUT2D eigenvalue weighted by molar-refractivity contribution is 6.03. The molecule has 154 valence electrons. The maximum absolute atomic E-state index is 12.9. The van der Waals surface area contributed by atoms with Crippen LogP contribution >= 0.6 is 0 Å². The molecular weight excluding hydrogens is 340 g/mol. The minimum absolute atomic E-state index is 0.0122. The minimum atomic E-state index is -0.206. The van der Waals surface area contributed by atoms with Crippen LogP contribution in [0.3, 0.4) is 0 Å². The van der Waals surface area contributed by atoms with Crippen LogP contribution in [-0.4, -0.2) is 34.7 Å². The van der Waals surface area contributed by atoms with Gasteiger partial charge >= 0.3 is 0 Å². The smallest absolute Gasteiger partial charge is 0.233 e.